The van der Waals surface area contributed by atoms with Gasteiger partial charge in [0.1, 0.15) is 6.10 Å². The average Bonchev–Trinajstić information content (AvgIpc) is 3.16. The van der Waals surface area contributed by atoms with Gasteiger partial charge in [0.2, 0.25) is 0 Å². The largest absolute Gasteiger partial charge is 0.459 e. The maximum absolute atomic E-state index is 6.35. The maximum atomic E-state index is 6.35. The third-order valence-electron chi connectivity index (χ3n) is 3.62. The van der Waals surface area contributed by atoms with Crippen LogP contribution < -0.4 is 4.74 Å². The zero-order valence-corrected chi connectivity index (χ0v) is 12.5. The Morgan fingerprint density at radius 1 is 1.23 bits per heavy atom. The Morgan fingerprint density at radius 3 is 2.86 bits per heavy atom. The molecule has 1 fully saturated rings. The van der Waals surface area contributed by atoms with Crippen molar-refractivity contribution in [1.29, 1.82) is 0 Å². The van der Waals surface area contributed by atoms with Gasteiger partial charge in [0.05, 0.1) is 29.4 Å². The van der Waals surface area contributed by atoms with E-state index in [2.05, 4.69) is 15.0 Å². The summed E-state index contributed by atoms with van der Waals surface area (Å²) in [5.41, 5.74) is 3.04. The lowest BCUT2D eigenvalue weighted by Crippen LogP contribution is -2.16. The molecule has 3 heterocycles. The summed E-state index contributed by atoms with van der Waals surface area (Å²) < 4.78 is 11.1. The lowest BCUT2D eigenvalue weighted by atomic mass is 10.1. The molecule has 1 aliphatic rings. The van der Waals surface area contributed by atoms with Gasteiger partial charge in [0.25, 0.3) is 6.01 Å². The fraction of sp³-hybridized carbons (Fsp3) is 0.250. The van der Waals surface area contributed by atoms with Crippen LogP contribution in [0.25, 0.3) is 22.4 Å². The van der Waals surface area contributed by atoms with Crippen molar-refractivity contribution in [2.75, 3.05) is 13.2 Å². The number of fused-ring (bicyclic) bond motifs is 1. The molecule has 0 aliphatic carbocycles. The van der Waals surface area contributed by atoms with Gasteiger partial charge in [0, 0.05) is 12.0 Å². The van der Waals surface area contributed by atoms with Crippen LogP contribution in [0.5, 0.6) is 6.01 Å². The number of H-pyrrole nitrogens is 1. The molecule has 5 nitrogen and oxygen atoms in total. The van der Waals surface area contributed by atoms with E-state index in [0.717, 1.165) is 29.8 Å². The van der Waals surface area contributed by atoms with Crippen LogP contribution in [0.4, 0.5) is 0 Å². The molecular weight excluding hydrogens is 302 g/mol. The minimum absolute atomic E-state index is 0.0460. The van der Waals surface area contributed by atoms with E-state index in [9.17, 15) is 0 Å². The quantitative estimate of drug-likeness (QED) is 0.804. The Labute approximate surface area is 132 Å². The number of aromatic amines is 1. The summed E-state index contributed by atoms with van der Waals surface area (Å²) in [6.07, 6.45) is 0.921. The van der Waals surface area contributed by atoms with Crippen LogP contribution in [0.1, 0.15) is 6.42 Å². The molecule has 0 spiro atoms. The molecule has 3 aromatic rings. The number of rotatable bonds is 3. The van der Waals surface area contributed by atoms with Crippen molar-refractivity contribution in [2.24, 2.45) is 0 Å². The monoisotopic (exact) mass is 315 g/mol. The first-order chi connectivity index (χ1) is 10.8. The summed E-state index contributed by atoms with van der Waals surface area (Å²) in [7, 11) is 0. The SMILES string of the molecule is Clc1cc2[nH]c(O[C@H]3CCOC3)nc2nc1-c1ccccc1. The van der Waals surface area contributed by atoms with Gasteiger partial charge in [0.15, 0.2) is 5.65 Å². The second kappa shape index (κ2) is 5.59. The van der Waals surface area contributed by atoms with E-state index in [4.69, 9.17) is 21.1 Å². The molecule has 1 saturated heterocycles. The van der Waals surface area contributed by atoms with Gasteiger partial charge in [-0.05, 0) is 6.07 Å². The van der Waals surface area contributed by atoms with Crippen molar-refractivity contribution in [3.05, 3.63) is 41.4 Å². The minimum atomic E-state index is 0.0460. The van der Waals surface area contributed by atoms with Gasteiger partial charge < -0.3 is 14.5 Å². The van der Waals surface area contributed by atoms with Crippen LogP contribution in [0, 0.1) is 0 Å². The fourth-order valence-electron chi connectivity index (χ4n) is 2.51. The summed E-state index contributed by atoms with van der Waals surface area (Å²) >= 11 is 6.35. The number of halogens is 1. The first-order valence-electron chi connectivity index (χ1n) is 7.16. The Balaban J connectivity index is 1.70. The Morgan fingerprint density at radius 2 is 2.09 bits per heavy atom. The number of nitrogens with zero attached hydrogens (tertiary/aromatic N) is 2. The number of hydrogen-bond acceptors (Lipinski definition) is 4. The molecule has 0 saturated carbocycles. The van der Waals surface area contributed by atoms with Crippen LogP contribution in [0.2, 0.25) is 5.02 Å². The van der Waals surface area contributed by atoms with Crippen LogP contribution in [-0.2, 0) is 4.74 Å². The van der Waals surface area contributed by atoms with E-state index in [1.54, 1.807) is 0 Å². The predicted octanol–water partition coefficient (Wildman–Crippen LogP) is 3.45. The van der Waals surface area contributed by atoms with Crippen LogP contribution in [-0.4, -0.2) is 34.3 Å². The second-order valence-corrected chi connectivity index (χ2v) is 5.61. The maximum Gasteiger partial charge on any atom is 0.296 e. The first kappa shape index (κ1) is 13.5. The third-order valence-corrected chi connectivity index (χ3v) is 3.91. The van der Waals surface area contributed by atoms with Crippen molar-refractivity contribution in [1.82, 2.24) is 15.0 Å². The number of hydrogen-bond donors (Lipinski definition) is 1. The lowest BCUT2D eigenvalue weighted by Gasteiger charge is -2.07. The molecule has 0 amide bonds. The van der Waals surface area contributed by atoms with Crippen LogP contribution >= 0.6 is 11.6 Å². The molecule has 4 rings (SSSR count). The Kier molecular flexibility index (Phi) is 3.44. The number of nitrogens with one attached hydrogen (secondary N) is 1. The standard InChI is InChI=1S/C16H14ClN3O2/c17-12-8-13-15(19-14(12)10-4-2-1-3-5-10)20-16(18-13)22-11-6-7-21-9-11/h1-5,8,11H,6-7,9H2,(H,18,19,20)/t11-/m0/s1. The molecule has 112 valence electrons. The molecule has 6 heteroatoms. The van der Waals surface area contributed by atoms with Crippen LogP contribution in [0.15, 0.2) is 36.4 Å². The highest BCUT2D eigenvalue weighted by Gasteiger charge is 2.19. The fourth-order valence-corrected chi connectivity index (χ4v) is 2.77. The zero-order valence-electron chi connectivity index (χ0n) is 11.8. The van der Waals surface area contributed by atoms with E-state index < -0.39 is 0 Å². The molecular formula is C16H14ClN3O2. The normalized spacial score (nSPS) is 18.0. The molecule has 0 radical (unpaired) electrons. The molecule has 1 aromatic carbocycles. The summed E-state index contributed by atoms with van der Waals surface area (Å²) in [4.78, 5) is 12.1. The van der Waals surface area contributed by atoms with Gasteiger partial charge >= 0.3 is 0 Å². The van der Waals surface area contributed by atoms with Gasteiger partial charge in [-0.1, -0.05) is 41.9 Å². The van der Waals surface area contributed by atoms with Crippen molar-refractivity contribution >= 4 is 22.8 Å². The minimum Gasteiger partial charge on any atom is -0.459 e. The molecule has 1 N–H and O–H groups in total. The highest BCUT2D eigenvalue weighted by Crippen LogP contribution is 2.29. The highest BCUT2D eigenvalue weighted by atomic mass is 35.5. The van der Waals surface area contributed by atoms with E-state index in [1.807, 2.05) is 36.4 Å². The third kappa shape index (κ3) is 2.53. The number of aromatic nitrogens is 3. The van der Waals surface area contributed by atoms with E-state index in [1.165, 1.54) is 0 Å². The summed E-state index contributed by atoms with van der Waals surface area (Å²) in [5.74, 6) is 0. The van der Waals surface area contributed by atoms with Crippen molar-refractivity contribution < 1.29 is 9.47 Å². The van der Waals surface area contributed by atoms with E-state index in [0.29, 0.717) is 23.3 Å². The predicted molar refractivity (Wildman–Crippen MR) is 84.2 cm³/mol. The molecule has 1 aliphatic heterocycles. The molecule has 1 atom stereocenters. The molecule has 2 aromatic heterocycles. The zero-order chi connectivity index (χ0) is 14.9. The Bertz CT molecular complexity index is 798. The van der Waals surface area contributed by atoms with E-state index >= 15 is 0 Å². The van der Waals surface area contributed by atoms with Crippen molar-refractivity contribution in [2.45, 2.75) is 12.5 Å². The molecule has 0 bridgehead atoms. The topological polar surface area (TPSA) is 60.0 Å². The van der Waals surface area contributed by atoms with Crippen LogP contribution in [0.3, 0.4) is 0 Å². The van der Waals surface area contributed by atoms with Crippen molar-refractivity contribution in [3.8, 4) is 17.3 Å². The average molecular weight is 316 g/mol. The summed E-state index contributed by atoms with van der Waals surface area (Å²) in [6, 6.07) is 12.1. The van der Waals surface area contributed by atoms with E-state index in [-0.39, 0.29) is 6.10 Å². The van der Waals surface area contributed by atoms with Gasteiger partial charge in [-0.15, -0.1) is 0 Å². The van der Waals surface area contributed by atoms with Crippen molar-refractivity contribution in [3.63, 3.8) is 0 Å². The molecule has 22 heavy (non-hydrogen) atoms. The Hall–Kier alpha value is -2.11. The number of pyridine rings is 1. The summed E-state index contributed by atoms with van der Waals surface area (Å²) in [5, 5.41) is 0.582. The number of ether oxygens (including phenoxy) is 2. The van der Waals surface area contributed by atoms with Gasteiger partial charge in [-0.25, -0.2) is 4.98 Å². The first-order valence-corrected chi connectivity index (χ1v) is 7.53. The highest BCUT2D eigenvalue weighted by molar-refractivity contribution is 6.33. The smallest absolute Gasteiger partial charge is 0.296 e. The van der Waals surface area contributed by atoms with Gasteiger partial charge in [-0.3, -0.25) is 0 Å². The lowest BCUT2D eigenvalue weighted by molar-refractivity contribution is 0.135. The summed E-state index contributed by atoms with van der Waals surface area (Å²) in [6.45, 7) is 1.33. The number of imidazole rings is 1. The molecule has 0 unspecified atom stereocenters. The second-order valence-electron chi connectivity index (χ2n) is 5.20. The number of benzene rings is 1. The van der Waals surface area contributed by atoms with Gasteiger partial charge in [-0.2, -0.15) is 4.98 Å².